The molecular formula is C21H23FN4O7. The number of fused-ring (bicyclic) bond motifs is 1. The van der Waals surface area contributed by atoms with E-state index in [1.807, 2.05) is 6.07 Å². The number of carboxylic acids is 1. The number of aromatic nitrogens is 2. The monoisotopic (exact) mass is 463 g/mol. The highest BCUT2D eigenvalue weighted by Gasteiger charge is 2.45. The van der Waals surface area contributed by atoms with Gasteiger partial charge in [0.2, 0.25) is 11.7 Å². The summed E-state index contributed by atoms with van der Waals surface area (Å²) in [6.45, 7) is 2.11. The maximum absolute atomic E-state index is 13.8. The molecule has 0 bridgehead atoms. The lowest BCUT2D eigenvalue weighted by molar-refractivity contribution is -0.147. The minimum atomic E-state index is -1.93. The molecular weight excluding hydrogens is 439 g/mol. The second-order valence-corrected chi connectivity index (χ2v) is 7.83. The summed E-state index contributed by atoms with van der Waals surface area (Å²) in [5.74, 6) is -4.33. The molecule has 0 aliphatic carbocycles. The number of carbonyl (C=O) groups is 2. The van der Waals surface area contributed by atoms with Crippen LogP contribution in [0.4, 0.5) is 4.39 Å². The Bertz CT molecular complexity index is 1180. The van der Waals surface area contributed by atoms with E-state index in [-0.39, 0.29) is 16.6 Å². The van der Waals surface area contributed by atoms with Crippen molar-refractivity contribution < 1.29 is 40.6 Å². The van der Waals surface area contributed by atoms with Crippen LogP contribution in [0.1, 0.15) is 25.6 Å². The molecule has 0 saturated carbocycles. The molecule has 2 aromatic rings. The molecule has 12 heteroatoms. The smallest absolute Gasteiger partial charge is 0.370 e. The molecule has 3 rings (SSSR count). The molecule has 33 heavy (non-hydrogen) atoms. The average molecular weight is 463 g/mol. The maximum atomic E-state index is 13.8. The zero-order valence-corrected chi connectivity index (χ0v) is 17.7. The van der Waals surface area contributed by atoms with Gasteiger partial charge in [-0.1, -0.05) is 13.8 Å². The Morgan fingerprint density at radius 1 is 1.42 bits per heavy atom. The number of nitrogens with zero attached hydrogens (tertiary/aromatic N) is 3. The molecule has 0 radical (unpaired) electrons. The van der Waals surface area contributed by atoms with Crippen molar-refractivity contribution in [2.75, 3.05) is 6.61 Å². The first-order chi connectivity index (χ1) is 16.0. The molecule has 2 heterocycles. The summed E-state index contributed by atoms with van der Waals surface area (Å²) in [7, 11) is 0. The minimum absolute atomic E-state index is 0.109. The van der Waals surface area contributed by atoms with E-state index in [4.69, 9.17) is 6.15 Å². The summed E-state index contributed by atoms with van der Waals surface area (Å²) in [6, 6.07) is 2.51. The van der Waals surface area contributed by atoms with E-state index < -0.39 is 66.4 Å². The fourth-order valence-electron chi connectivity index (χ4n) is 3.49. The van der Waals surface area contributed by atoms with Crippen molar-refractivity contribution in [1.29, 1.82) is 5.26 Å². The van der Waals surface area contributed by atoms with Crippen LogP contribution in [0.5, 0.6) is 0 Å². The van der Waals surface area contributed by atoms with Gasteiger partial charge in [0.25, 0.3) is 0 Å². The van der Waals surface area contributed by atoms with Crippen molar-refractivity contribution in [2.24, 2.45) is 5.92 Å². The number of nitrogens with one attached hydrogen (secondary N) is 1. The van der Waals surface area contributed by atoms with Gasteiger partial charge in [0.15, 0.2) is 1.41 Å². The van der Waals surface area contributed by atoms with Crippen LogP contribution in [-0.4, -0.2) is 73.0 Å². The lowest BCUT2D eigenvalue weighted by Crippen LogP contribution is -2.59. The van der Waals surface area contributed by atoms with Gasteiger partial charge in [-0.15, -0.1) is 0 Å². The van der Waals surface area contributed by atoms with E-state index in [0.29, 0.717) is 5.31 Å². The molecule has 0 spiro atoms. The number of hydrogen-bond donors (Lipinski definition) is 5. The number of hydrogen-bond acceptors (Lipinski definition) is 8. The Morgan fingerprint density at radius 3 is 2.70 bits per heavy atom. The van der Waals surface area contributed by atoms with Crippen LogP contribution in [0.3, 0.4) is 0 Å². The molecule has 11 nitrogen and oxygen atoms in total. The quantitative estimate of drug-likeness (QED) is 0.372. The first-order valence-electron chi connectivity index (χ1n) is 10.4. The number of aliphatic carboxylic acids is 1. The SMILES string of the molecule is [2H]N(C(=O)C(C)C)[C@H]1[C@H]([C@H](O)[C@H](O)CO)OC(C(=O)O)=C[C@@H]1n1nc2ccc(F)cc2c1C#N. The Hall–Kier alpha value is -3.53. The molecule has 0 fully saturated rings. The Morgan fingerprint density at radius 2 is 2.12 bits per heavy atom. The van der Waals surface area contributed by atoms with E-state index in [1.54, 1.807) is 0 Å². The highest BCUT2D eigenvalue weighted by molar-refractivity contribution is 5.86. The Balaban J connectivity index is 2.28. The molecule has 1 amide bonds. The van der Waals surface area contributed by atoms with Gasteiger partial charge >= 0.3 is 5.97 Å². The largest absolute Gasteiger partial charge is 0.478 e. The van der Waals surface area contributed by atoms with Crippen molar-refractivity contribution >= 4 is 22.8 Å². The van der Waals surface area contributed by atoms with Crippen LogP contribution in [0, 0.1) is 23.1 Å². The first kappa shape index (κ1) is 22.7. The molecule has 0 unspecified atom stereocenters. The van der Waals surface area contributed by atoms with Crippen LogP contribution < -0.4 is 5.31 Å². The van der Waals surface area contributed by atoms with Gasteiger partial charge in [0.05, 0.1) is 24.2 Å². The van der Waals surface area contributed by atoms with Gasteiger partial charge in [0.1, 0.15) is 35.9 Å². The van der Waals surface area contributed by atoms with E-state index in [2.05, 4.69) is 5.10 Å². The molecule has 5 N–H and O–H groups in total. The second kappa shape index (κ2) is 9.53. The highest BCUT2D eigenvalue weighted by Crippen LogP contribution is 2.33. The zero-order chi connectivity index (χ0) is 25.3. The standard InChI is InChI=1S/C21H23FN4O7/c1-9(2)20(30)24-17-13(6-16(21(31)32)33-19(17)18(29)15(28)8-27)26-14(7-23)11-5-10(22)3-4-12(11)25-26/h3-6,9,13,15,17-19,27-29H,8H2,1-2H3,(H,24,30)(H,31,32)/t13-,15+,17+,18+,19+/m0/s1/i/hD. The number of amides is 1. The highest BCUT2D eigenvalue weighted by atomic mass is 19.1. The number of nitriles is 1. The van der Waals surface area contributed by atoms with E-state index in [0.717, 1.165) is 22.9 Å². The number of ether oxygens (including phenoxy) is 1. The molecule has 1 aliphatic rings. The van der Waals surface area contributed by atoms with Crippen LogP contribution >= 0.6 is 0 Å². The van der Waals surface area contributed by atoms with Crippen LogP contribution in [-0.2, 0) is 14.3 Å². The van der Waals surface area contributed by atoms with E-state index in [1.165, 1.54) is 19.9 Å². The third kappa shape index (κ3) is 4.65. The second-order valence-electron chi connectivity index (χ2n) is 7.83. The maximum Gasteiger partial charge on any atom is 0.370 e. The van der Waals surface area contributed by atoms with E-state index in [9.17, 15) is 39.7 Å². The molecule has 1 aromatic heterocycles. The van der Waals surface area contributed by atoms with Gasteiger partial charge in [-0.2, -0.15) is 10.4 Å². The number of benzene rings is 1. The van der Waals surface area contributed by atoms with Gasteiger partial charge in [-0.3, -0.25) is 4.79 Å². The van der Waals surface area contributed by atoms with Crippen LogP contribution in [0.15, 0.2) is 30.0 Å². The Labute approximate surface area is 188 Å². The molecule has 5 atom stereocenters. The number of halogens is 1. The zero-order valence-electron chi connectivity index (χ0n) is 18.7. The summed E-state index contributed by atoms with van der Waals surface area (Å²) >= 11 is 0. The minimum Gasteiger partial charge on any atom is -0.478 e. The third-order valence-corrected chi connectivity index (χ3v) is 5.22. The summed E-state index contributed by atoms with van der Waals surface area (Å²) in [6.07, 6.45) is -4.43. The average Bonchev–Trinajstić information content (AvgIpc) is 3.18. The summed E-state index contributed by atoms with van der Waals surface area (Å²) in [4.78, 5) is 24.5. The third-order valence-electron chi connectivity index (χ3n) is 5.22. The van der Waals surface area contributed by atoms with Crippen molar-refractivity contribution in [3.05, 3.63) is 41.5 Å². The fourth-order valence-corrected chi connectivity index (χ4v) is 3.49. The number of carboxylic acid groups (broad SMARTS) is 1. The first-order valence-corrected chi connectivity index (χ1v) is 10.00. The predicted octanol–water partition coefficient (Wildman–Crippen LogP) is -0.190. The number of rotatable bonds is 7. The van der Waals surface area contributed by atoms with Crippen LogP contribution in [0.25, 0.3) is 10.9 Å². The Kier molecular flexibility index (Phi) is 6.55. The fraction of sp³-hybridized carbons (Fsp3) is 0.429. The molecule has 176 valence electrons. The normalized spacial score (nSPS) is 22.7. The predicted molar refractivity (Wildman–Crippen MR) is 110 cm³/mol. The summed E-state index contributed by atoms with van der Waals surface area (Å²) in [5.41, 5.74) is 0.00130. The van der Waals surface area contributed by atoms with Crippen molar-refractivity contribution in [3.63, 3.8) is 0 Å². The molecule has 1 aromatic carbocycles. The van der Waals surface area contributed by atoms with Gasteiger partial charge < -0.3 is 30.5 Å². The molecule has 1 aliphatic heterocycles. The lowest BCUT2D eigenvalue weighted by Gasteiger charge is -2.40. The van der Waals surface area contributed by atoms with Gasteiger partial charge in [-0.05, 0) is 24.3 Å². The van der Waals surface area contributed by atoms with Gasteiger partial charge in [-0.25, -0.2) is 13.9 Å². The topological polar surface area (TPSA) is 178 Å². The van der Waals surface area contributed by atoms with Gasteiger partial charge in [0, 0.05) is 11.3 Å². The van der Waals surface area contributed by atoms with Crippen molar-refractivity contribution in [3.8, 4) is 6.07 Å². The summed E-state index contributed by atoms with van der Waals surface area (Å²) < 4.78 is 28.7. The van der Waals surface area contributed by atoms with E-state index >= 15 is 0 Å². The van der Waals surface area contributed by atoms with Crippen molar-refractivity contribution in [2.45, 2.75) is 44.2 Å². The lowest BCUT2D eigenvalue weighted by atomic mass is 9.91. The van der Waals surface area contributed by atoms with Crippen molar-refractivity contribution in [1.82, 2.24) is 15.1 Å². The summed E-state index contributed by atoms with van der Waals surface area (Å²) in [5, 5.41) is 54.1. The van der Waals surface area contributed by atoms with Crippen LogP contribution in [0.2, 0.25) is 1.41 Å². The molecule has 0 saturated heterocycles. The number of carbonyl (C=O) groups excluding carboxylic acids is 1. The number of aliphatic hydroxyl groups is 3. The number of aliphatic hydroxyl groups excluding tert-OH is 3.